The predicted molar refractivity (Wildman–Crippen MR) is 233 cm³/mol. The first-order chi connectivity index (χ1) is 29.3. The summed E-state index contributed by atoms with van der Waals surface area (Å²) in [6.07, 6.45) is 7.68. The van der Waals surface area contributed by atoms with Crippen LogP contribution in [0.2, 0.25) is 0 Å². The van der Waals surface area contributed by atoms with E-state index in [1.807, 2.05) is 4.90 Å². The molecule has 8 rings (SSSR count). The van der Waals surface area contributed by atoms with Crippen molar-refractivity contribution in [2.45, 2.75) is 93.9 Å². The van der Waals surface area contributed by atoms with Gasteiger partial charge in [0.15, 0.2) is 0 Å². The lowest BCUT2D eigenvalue weighted by Gasteiger charge is -2.34. The van der Waals surface area contributed by atoms with Crippen molar-refractivity contribution in [2.24, 2.45) is 21.8 Å². The second-order valence-electron chi connectivity index (χ2n) is 16.8. The maximum absolute atomic E-state index is 14.0. The van der Waals surface area contributed by atoms with Crippen molar-refractivity contribution in [3.05, 3.63) is 71.8 Å². The molecule has 0 spiro atoms. The summed E-state index contributed by atoms with van der Waals surface area (Å²) in [5.41, 5.74) is 4.13. The Morgan fingerprint density at radius 2 is 1.60 bits per heavy atom. The molecule has 0 bridgehead atoms. The van der Waals surface area contributed by atoms with Gasteiger partial charge < -0.3 is 40.4 Å². The number of amides is 3. The van der Waals surface area contributed by atoms with E-state index in [-0.39, 0.29) is 41.4 Å². The zero-order valence-corrected chi connectivity index (χ0v) is 35.3. The molecule has 4 N–H and O–H groups in total. The number of nitrogens with one attached hydrogen (secondary N) is 4. The first-order valence-corrected chi connectivity index (χ1v) is 22.3. The Morgan fingerprint density at radius 1 is 0.883 bits per heavy atom. The Labute approximate surface area is 357 Å². The van der Waals surface area contributed by atoms with Crippen LogP contribution in [0.25, 0.3) is 21.9 Å². The monoisotopic (exact) mass is 839 g/mol. The molecule has 0 radical (unpaired) electrons. The lowest BCUT2D eigenvalue weighted by Crippen LogP contribution is -2.56. The molecule has 5 atom stereocenters. The average molecular weight is 840 g/mol. The van der Waals surface area contributed by atoms with Crippen LogP contribution in [0, 0.1) is 11.8 Å². The molecule has 0 aliphatic carbocycles. The second-order valence-corrected chi connectivity index (χ2v) is 17.2. The largest absolute Gasteiger partial charge is 0.453 e. The summed E-state index contributed by atoms with van der Waals surface area (Å²) in [5.74, 6) is 2.25. The standard InChI is InChI=1S/C46H58ClN7O6/c1-58-46(57)53-42(32-17-23-60-24-18-32)45(56)54-20-4-5-38(54)44-49-28-37(50-44)36-14-13-34-26-33(11-12-35(34)27-36)30-7-9-31(10-8-30)41-43(47)52-39(51-41)6-2-3-19-48-40(55)25-29-15-21-59-22-16-29/h7-14,26-27,29,32,37-38,41-43H,2-6,15-25,28H2,1H3,(H,48,55)(H,49,50)(H,51,52)(H,53,57)/t37?,38-,41?,42-,43?/m0/s1. The SMILES string of the molecule is COC(=O)N[C@H](C(=O)N1CCC[C@H]1C1=NCC(c2ccc3cc(-c4ccc(C5NC(CCCCNC(=O)CC6CCOCC6)=NC5Cl)cc4)ccc3c2)N1)C1CCOCC1. The number of methoxy groups -OCH3 is 1. The minimum absolute atomic E-state index is 0.00525. The minimum atomic E-state index is -0.657. The predicted octanol–water partition coefficient (Wildman–Crippen LogP) is 6.40. The van der Waals surface area contributed by atoms with Crippen molar-refractivity contribution in [1.82, 2.24) is 26.2 Å². The number of unbranched alkanes of at least 4 members (excludes halogenated alkanes) is 1. The van der Waals surface area contributed by atoms with Gasteiger partial charge in [-0.25, -0.2) is 4.79 Å². The third-order valence-corrected chi connectivity index (χ3v) is 13.2. The van der Waals surface area contributed by atoms with Crippen molar-refractivity contribution < 1.29 is 28.6 Å². The molecule has 3 saturated heterocycles. The fraction of sp³-hybridized carbons (Fsp3) is 0.543. The summed E-state index contributed by atoms with van der Waals surface area (Å²) in [7, 11) is 1.32. The first-order valence-electron chi connectivity index (χ1n) is 21.8. The van der Waals surface area contributed by atoms with Crippen molar-refractivity contribution in [3.63, 3.8) is 0 Å². The number of fused-ring (bicyclic) bond motifs is 1. The highest BCUT2D eigenvalue weighted by Crippen LogP contribution is 2.33. The van der Waals surface area contributed by atoms with Crippen LogP contribution in [0.3, 0.4) is 0 Å². The molecule has 13 nitrogen and oxygen atoms in total. The number of hydrogen-bond acceptors (Lipinski definition) is 10. The molecule has 14 heteroatoms. The number of ether oxygens (including phenoxy) is 3. The normalized spacial score (nSPS) is 24.0. The quantitative estimate of drug-likeness (QED) is 0.0827. The van der Waals surface area contributed by atoms with E-state index in [1.54, 1.807) is 0 Å². The Kier molecular flexibility index (Phi) is 13.8. The smallest absolute Gasteiger partial charge is 0.407 e. The fourth-order valence-corrected chi connectivity index (χ4v) is 9.65. The van der Waals surface area contributed by atoms with Gasteiger partial charge in [0.2, 0.25) is 11.8 Å². The summed E-state index contributed by atoms with van der Waals surface area (Å²) < 4.78 is 15.8. The van der Waals surface area contributed by atoms with Gasteiger partial charge in [0.1, 0.15) is 17.4 Å². The van der Waals surface area contributed by atoms with Crippen molar-refractivity contribution >= 4 is 52.0 Å². The number of alkyl carbamates (subject to hydrolysis) is 1. The molecule has 3 amide bonds. The molecule has 60 heavy (non-hydrogen) atoms. The number of likely N-dealkylation sites (tertiary alicyclic amines) is 1. The molecule has 0 saturated carbocycles. The highest BCUT2D eigenvalue weighted by Gasteiger charge is 2.41. The van der Waals surface area contributed by atoms with Crippen molar-refractivity contribution in [2.75, 3.05) is 53.2 Å². The number of rotatable bonds is 14. The molecule has 0 aromatic heterocycles. The molecule has 3 unspecified atom stereocenters. The lowest BCUT2D eigenvalue weighted by molar-refractivity contribution is -0.135. The Bertz CT molecular complexity index is 2050. The average Bonchev–Trinajstić information content (AvgIpc) is 4.06. The number of carbonyl (C=O) groups is 3. The van der Waals surface area contributed by atoms with Gasteiger partial charge in [0, 0.05) is 52.4 Å². The first kappa shape index (κ1) is 42.0. The van der Waals surface area contributed by atoms with E-state index in [9.17, 15) is 14.4 Å². The summed E-state index contributed by atoms with van der Waals surface area (Å²) in [6.45, 7) is 4.57. The van der Waals surface area contributed by atoms with Crippen molar-refractivity contribution in [3.8, 4) is 11.1 Å². The van der Waals surface area contributed by atoms with Gasteiger partial charge in [-0.15, -0.1) is 0 Å². The minimum Gasteiger partial charge on any atom is -0.453 e. The number of benzene rings is 3. The summed E-state index contributed by atoms with van der Waals surface area (Å²) >= 11 is 6.72. The highest BCUT2D eigenvalue weighted by molar-refractivity contribution is 6.22. The van der Waals surface area contributed by atoms with E-state index in [2.05, 4.69) is 81.9 Å². The maximum atomic E-state index is 14.0. The van der Waals surface area contributed by atoms with Crippen LogP contribution in [-0.4, -0.2) is 105 Å². The van der Waals surface area contributed by atoms with Gasteiger partial charge in [-0.1, -0.05) is 60.1 Å². The van der Waals surface area contributed by atoms with Gasteiger partial charge in [-0.3, -0.25) is 19.6 Å². The third kappa shape index (κ3) is 10.1. The number of aliphatic imine (C=N–C) groups is 2. The van der Waals surface area contributed by atoms with Crippen LogP contribution in [0.1, 0.15) is 87.4 Å². The maximum Gasteiger partial charge on any atom is 0.407 e. The van der Waals surface area contributed by atoms with E-state index in [1.165, 1.54) is 7.11 Å². The van der Waals surface area contributed by atoms with Crippen LogP contribution >= 0.6 is 11.6 Å². The second kappa shape index (κ2) is 19.8. The molecule has 5 heterocycles. The van der Waals surface area contributed by atoms with Gasteiger partial charge in [0.25, 0.3) is 0 Å². The molecule has 5 aliphatic rings. The summed E-state index contributed by atoms with van der Waals surface area (Å²) in [6, 6.07) is 20.8. The molecule has 3 fully saturated rings. The Hall–Kier alpha value is -4.72. The van der Waals surface area contributed by atoms with E-state index >= 15 is 0 Å². The topological polar surface area (TPSA) is 155 Å². The van der Waals surface area contributed by atoms with Crippen molar-refractivity contribution in [1.29, 1.82) is 0 Å². The number of amidine groups is 2. The zero-order valence-electron chi connectivity index (χ0n) is 34.5. The van der Waals surface area contributed by atoms with Gasteiger partial charge >= 0.3 is 6.09 Å². The van der Waals surface area contributed by atoms with E-state index in [0.29, 0.717) is 58.0 Å². The molecular formula is C46H58ClN7O6. The number of alkyl halides is 1. The third-order valence-electron chi connectivity index (χ3n) is 12.8. The van der Waals surface area contributed by atoms with Crippen LogP contribution in [0.4, 0.5) is 4.79 Å². The Morgan fingerprint density at radius 3 is 2.38 bits per heavy atom. The van der Waals surface area contributed by atoms with Gasteiger partial charge in [0.05, 0.1) is 37.6 Å². The zero-order chi connectivity index (χ0) is 41.4. The molecule has 3 aromatic rings. The summed E-state index contributed by atoms with van der Waals surface area (Å²) in [5, 5.41) is 15.4. The van der Waals surface area contributed by atoms with Crippen LogP contribution in [0.5, 0.6) is 0 Å². The lowest BCUT2D eigenvalue weighted by atomic mass is 9.90. The number of nitrogens with zero attached hydrogens (tertiary/aromatic N) is 3. The van der Waals surface area contributed by atoms with Crippen LogP contribution < -0.4 is 21.3 Å². The van der Waals surface area contributed by atoms with E-state index < -0.39 is 12.1 Å². The molecule has 5 aliphatic heterocycles. The van der Waals surface area contributed by atoms with E-state index in [4.69, 9.17) is 35.8 Å². The van der Waals surface area contributed by atoms with Gasteiger partial charge in [-0.2, -0.15) is 0 Å². The number of hydrogen-bond donors (Lipinski definition) is 4. The molecule has 3 aromatic carbocycles. The molecular weight excluding hydrogens is 782 g/mol. The fourth-order valence-electron chi connectivity index (χ4n) is 9.32. The van der Waals surface area contributed by atoms with Crippen LogP contribution in [0.15, 0.2) is 70.6 Å². The number of halogens is 1. The number of carbonyl (C=O) groups excluding carboxylic acids is 3. The van der Waals surface area contributed by atoms with E-state index in [0.717, 1.165) is 103 Å². The van der Waals surface area contributed by atoms with Crippen LogP contribution in [-0.2, 0) is 23.8 Å². The van der Waals surface area contributed by atoms with Gasteiger partial charge in [-0.05, 0) is 108 Å². The molecule has 320 valence electrons. The summed E-state index contributed by atoms with van der Waals surface area (Å²) in [4.78, 5) is 50.1. The highest BCUT2D eigenvalue weighted by atomic mass is 35.5. The Balaban J connectivity index is 0.824.